The summed E-state index contributed by atoms with van der Waals surface area (Å²) in [6.07, 6.45) is 0. The molecule has 0 aliphatic rings. The number of nitro benzene ring substituents is 1. The molecule has 132 valence electrons. The topological polar surface area (TPSA) is 111 Å². The van der Waals surface area contributed by atoms with Gasteiger partial charge in [-0.1, -0.05) is 23.4 Å². The standard InChI is InChI=1S/C17H13FN4O4/c1-10(19-16(23)12-5-2-6-13(18)8-12)17-20-15(21-26-17)11-4-3-7-14(9-11)22(24)25/h2-10H,1H3,(H,19,23). The monoisotopic (exact) mass is 356 g/mol. The second-order valence-electron chi connectivity index (χ2n) is 5.47. The molecule has 1 aromatic heterocycles. The molecule has 0 radical (unpaired) electrons. The van der Waals surface area contributed by atoms with Crippen molar-refractivity contribution < 1.29 is 18.6 Å². The molecule has 0 spiro atoms. The Labute approximate surface area is 146 Å². The van der Waals surface area contributed by atoms with Gasteiger partial charge in [-0.2, -0.15) is 4.98 Å². The average Bonchev–Trinajstić information content (AvgIpc) is 3.12. The van der Waals surface area contributed by atoms with Gasteiger partial charge in [-0.05, 0) is 25.1 Å². The summed E-state index contributed by atoms with van der Waals surface area (Å²) in [5.74, 6) is -0.727. The summed E-state index contributed by atoms with van der Waals surface area (Å²) < 4.78 is 18.3. The lowest BCUT2D eigenvalue weighted by Crippen LogP contribution is -2.26. The van der Waals surface area contributed by atoms with Crippen molar-refractivity contribution in [2.45, 2.75) is 13.0 Å². The van der Waals surface area contributed by atoms with Crippen LogP contribution in [0, 0.1) is 15.9 Å². The lowest BCUT2D eigenvalue weighted by atomic mass is 10.2. The maximum absolute atomic E-state index is 13.2. The van der Waals surface area contributed by atoms with Crippen molar-refractivity contribution in [2.24, 2.45) is 0 Å². The molecule has 0 saturated carbocycles. The molecule has 1 atom stereocenters. The predicted octanol–water partition coefficient (Wildman–Crippen LogP) is 3.27. The zero-order valence-corrected chi connectivity index (χ0v) is 13.5. The molecule has 0 aliphatic heterocycles. The van der Waals surface area contributed by atoms with Crippen molar-refractivity contribution in [2.75, 3.05) is 0 Å². The Hall–Kier alpha value is -3.62. The summed E-state index contributed by atoms with van der Waals surface area (Å²) in [4.78, 5) is 26.6. The number of hydrogen-bond acceptors (Lipinski definition) is 6. The van der Waals surface area contributed by atoms with Crippen molar-refractivity contribution in [3.05, 3.63) is 75.9 Å². The minimum absolute atomic E-state index is 0.0960. The van der Waals surface area contributed by atoms with Crippen LogP contribution < -0.4 is 5.32 Å². The normalized spacial score (nSPS) is 11.8. The Bertz CT molecular complexity index is 973. The third-order valence-corrected chi connectivity index (χ3v) is 3.56. The molecular formula is C17H13FN4O4. The van der Waals surface area contributed by atoms with E-state index in [-0.39, 0.29) is 23.0 Å². The van der Waals surface area contributed by atoms with E-state index >= 15 is 0 Å². The first-order valence-electron chi connectivity index (χ1n) is 7.59. The van der Waals surface area contributed by atoms with E-state index in [9.17, 15) is 19.3 Å². The third-order valence-electron chi connectivity index (χ3n) is 3.56. The van der Waals surface area contributed by atoms with Crippen LogP contribution in [0.15, 0.2) is 53.1 Å². The van der Waals surface area contributed by atoms with E-state index in [1.165, 1.54) is 36.4 Å². The molecule has 1 amide bonds. The highest BCUT2D eigenvalue weighted by Crippen LogP contribution is 2.23. The first-order chi connectivity index (χ1) is 12.4. The lowest BCUT2D eigenvalue weighted by molar-refractivity contribution is -0.384. The van der Waals surface area contributed by atoms with Gasteiger partial charge in [0.05, 0.1) is 4.92 Å². The van der Waals surface area contributed by atoms with Crippen LogP contribution in [0.2, 0.25) is 0 Å². The Kier molecular flexibility index (Phi) is 4.70. The van der Waals surface area contributed by atoms with E-state index in [1.54, 1.807) is 13.0 Å². The number of halogens is 1. The average molecular weight is 356 g/mol. The van der Waals surface area contributed by atoms with Gasteiger partial charge in [-0.3, -0.25) is 14.9 Å². The molecule has 0 saturated heterocycles. The van der Waals surface area contributed by atoms with Crippen molar-refractivity contribution in [3.63, 3.8) is 0 Å². The number of nitrogens with one attached hydrogen (secondary N) is 1. The molecule has 8 nitrogen and oxygen atoms in total. The van der Waals surface area contributed by atoms with Gasteiger partial charge in [-0.25, -0.2) is 4.39 Å². The van der Waals surface area contributed by atoms with Crippen LogP contribution in [0.3, 0.4) is 0 Å². The molecule has 0 bridgehead atoms. The van der Waals surface area contributed by atoms with Gasteiger partial charge in [0.25, 0.3) is 11.6 Å². The number of hydrogen-bond donors (Lipinski definition) is 1. The maximum atomic E-state index is 13.2. The number of non-ortho nitro benzene ring substituents is 1. The van der Waals surface area contributed by atoms with Gasteiger partial charge in [0.2, 0.25) is 11.7 Å². The summed E-state index contributed by atoms with van der Waals surface area (Å²) >= 11 is 0. The Morgan fingerprint density at radius 2 is 2.04 bits per heavy atom. The minimum atomic E-state index is -0.634. The first-order valence-corrected chi connectivity index (χ1v) is 7.59. The molecule has 0 fully saturated rings. The molecule has 1 heterocycles. The van der Waals surface area contributed by atoms with Crippen molar-refractivity contribution in [3.8, 4) is 11.4 Å². The van der Waals surface area contributed by atoms with Crippen LogP contribution in [0.25, 0.3) is 11.4 Å². The lowest BCUT2D eigenvalue weighted by Gasteiger charge is -2.09. The SMILES string of the molecule is CC(NC(=O)c1cccc(F)c1)c1nc(-c2cccc([N+](=O)[O-])c2)no1. The zero-order valence-electron chi connectivity index (χ0n) is 13.5. The maximum Gasteiger partial charge on any atom is 0.270 e. The number of carbonyl (C=O) groups excluding carboxylic acids is 1. The molecule has 0 aliphatic carbocycles. The fourth-order valence-electron chi connectivity index (χ4n) is 2.26. The number of carbonyl (C=O) groups is 1. The Balaban J connectivity index is 1.76. The first kappa shape index (κ1) is 17.2. The van der Waals surface area contributed by atoms with Gasteiger partial charge >= 0.3 is 0 Å². The fraction of sp³-hybridized carbons (Fsp3) is 0.118. The summed E-state index contributed by atoms with van der Waals surface area (Å²) in [6, 6.07) is 10.4. The molecule has 1 unspecified atom stereocenters. The third kappa shape index (κ3) is 3.72. The van der Waals surface area contributed by atoms with Crippen LogP contribution >= 0.6 is 0 Å². The number of amides is 1. The molecule has 9 heteroatoms. The molecule has 2 aromatic carbocycles. The van der Waals surface area contributed by atoms with E-state index in [0.717, 1.165) is 6.07 Å². The molecule has 3 aromatic rings. The highest BCUT2D eigenvalue weighted by Gasteiger charge is 2.19. The summed E-state index contributed by atoms with van der Waals surface area (Å²) in [6.45, 7) is 1.63. The van der Waals surface area contributed by atoms with Crippen LogP contribution in [0.5, 0.6) is 0 Å². The zero-order chi connectivity index (χ0) is 18.7. The Morgan fingerprint density at radius 1 is 1.27 bits per heavy atom. The van der Waals surface area contributed by atoms with E-state index in [4.69, 9.17) is 4.52 Å². The largest absolute Gasteiger partial charge is 0.341 e. The van der Waals surface area contributed by atoms with Crippen LogP contribution in [-0.4, -0.2) is 21.0 Å². The van der Waals surface area contributed by atoms with Gasteiger partial charge in [-0.15, -0.1) is 0 Å². The van der Waals surface area contributed by atoms with Crippen LogP contribution in [0.4, 0.5) is 10.1 Å². The molecule has 1 N–H and O–H groups in total. The van der Waals surface area contributed by atoms with Crippen molar-refractivity contribution in [1.82, 2.24) is 15.5 Å². The highest BCUT2D eigenvalue weighted by atomic mass is 19.1. The summed E-state index contributed by atoms with van der Waals surface area (Å²) in [5, 5.41) is 17.3. The van der Waals surface area contributed by atoms with E-state index in [0.29, 0.717) is 5.56 Å². The predicted molar refractivity (Wildman–Crippen MR) is 88.7 cm³/mol. The van der Waals surface area contributed by atoms with E-state index in [2.05, 4.69) is 15.5 Å². The van der Waals surface area contributed by atoms with Crippen LogP contribution in [-0.2, 0) is 0 Å². The van der Waals surface area contributed by atoms with Crippen molar-refractivity contribution >= 4 is 11.6 Å². The van der Waals surface area contributed by atoms with Gasteiger partial charge < -0.3 is 9.84 Å². The van der Waals surface area contributed by atoms with E-state index < -0.39 is 22.7 Å². The number of rotatable bonds is 5. The quantitative estimate of drug-likeness (QED) is 0.555. The number of aromatic nitrogens is 2. The number of nitro groups is 1. The second kappa shape index (κ2) is 7.09. The smallest absolute Gasteiger partial charge is 0.270 e. The van der Waals surface area contributed by atoms with Crippen molar-refractivity contribution in [1.29, 1.82) is 0 Å². The van der Waals surface area contributed by atoms with E-state index in [1.807, 2.05) is 0 Å². The van der Waals surface area contributed by atoms with Gasteiger partial charge in [0.15, 0.2) is 0 Å². The highest BCUT2D eigenvalue weighted by molar-refractivity contribution is 5.94. The van der Waals surface area contributed by atoms with Gasteiger partial charge in [0, 0.05) is 23.3 Å². The summed E-state index contributed by atoms with van der Waals surface area (Å²) in [5.41, 5.74) is 0.481. The molecule has 26 heavy (non-hydrogen) atoms. The fourth-order valence-corrected chi connectivity index (χ4v) is 2.26. The van der Waals surface area contributed by atoms with Crippen LogP contribution in [0.1, 0.15) is 29.2 Å². The second-order valence-corrected chi connectivity index (χ2v) is 5.47. The molecular weight excluding hydrogens is 343 g/mol. The number of nitrogens with zero attached hydrogens (tertiary/aromatic N) is 3. The molecule has 3 rings (SSSR count). The van der Waals surface area contributed by atoms with Gasteiger partial charge in [0.1, 0.15) is 11.9 Å². The Morgan fingerprint density at radius 3 is 2.77 bits per heavy atom. The minimum Gasteiger partial charge on any atom is -0.341 e. The summed E-state index contributed by atoms with van der Waals surface area (Å²) in [7, 11) is 0. The number of benzene rings is 2.